The van der Waals surface area contributed by atoms with Gasteiger partial charge >= 0.3 is 0 Å². The number of fused-ring (bicyclic) bond motifs is 1. The van der Waals surface area contributed by atoms with E-state index in [1.54, 1.807) is 13.0 Å². The highest BCUT2D eigenvalue weighted by Crippen LogP contribution is 2.23. The normalized spacial score (nSPS) is 11.2. The lowest BCUT2D eigenvalue weighted by Crippen LogP contribution is -2.04. The molecular weight excluding hydrogens is 327 g/mol. The van der Waals surface area contributed by atoms with Crippen LogP contribution in [0.25, 0.3) is 11.2 Å². The second-order valence-corrected chi connectivity index (χ2v) is 4.99. The van der Waals surface area contributed by atoms with Crippen molar-refractivity contribution >= 4 is 32.9 Å². The van der Waals surface area contributed by atoms with Gasteiger partial charge in [-0.05, 0) is 34.5 Å². The maximum Gasteiger partial charge on any atom is 0.212 e. The summed E-state index contributed by atoms with van der Waals surface area (Å²) in [6.07, 6.45) is 1.48. The van der Waals surface area contributed by atoms with Gasteiger partial charge in [0, 0.05) is 6.20 Å². The number of hydrogen-bond acceptors (Lipinski definition) is 5. The predicted octanol–water partition coefficient (Wildman–Crippen LogP) is 2.06. The first kappa shape index (κ1) is 12.9. The molecule has 8 heteroatoms. The summed E-state index contributed by atoms with van der Waals surface area (Å²) >= 11 is 3.37. The van der Waals surface area contributed by atoms with Gasteiger partial charge in [-0.15, -0.1) is 0 Å². The van der Waals surface area contributed by atoms with Crippen LogP contribution in [0.4, 0.5) is 10.2 Å². The predicted molar refractivity (Wildman–Crippen MR) is 75.5 cm³/mol. The summed E-state index contributed by atoms with van der Waals surface area (Å²) < 4.78 is 15.2. The van der Waals surface area contributed by atoms with Crippen molar-refractivity contribution in [1.82, 2.24) is 24.5 Å². The number of nitrogen functional groups attached to an aromatic ring is 1. The van der Waals surface area contributed by atoms with E-state index in [1.807, 2.05) is 4.57 Å². The number of nitrogens with zero attached hydrogens (tertiary/aromatic N) is 5. The number of aromatic nitrogens is 5. The first-order valence-corrected chi connectivity index (χ1v) is 6.60. The molecule has 3 rings (SSSR count). The maximum atomic E-state index is 12.8. The number of pyridine rings is 1. The molecule has 2 N–H and O–H groups in total. The molecule has 3 aromatic rings. The third kappa shape index (κ3) is 2.22. The Morgan fingerprint density at radius 3 is 2.80 bits per heavy atom. The van der Waals surface area contributed by atoms with Gasteiger partial charge < -0.3 is 5.73 Å². The first-order chi connectivity index (χ1) is 9.54. The maximum absolute atomic E-state index is 12.8. The van der Waals surface area contributed by atoms with Gasteiger partial charge in [0.25, 0.3) is 0 Å². The monoisotopic (exact) mass is 336 g/mol. The third-order valence-corrected chi connectivity index (χ3v) is 3.42. The zero-order chi connectivity index (χ0) is 14.3. The molecule has 0 aliphatic rings. The standard InChI is InChI=1S/C12H10BrFN6/c1-6-17-10(15)9-11(18-6)20(12(13)19-9)5-7-2-3-8(14)16-4-7/h2-4H,5H2,1H3,(H2,15,17,18). The molecule has 0 amide bonds. The van der Waals surface area contributed by atoms with Crippen molar-refractivity contribution < 1.29 is 4.39 Å². The second kappa shape index (κ2) is 4.78. The Morgan fingerprint density at radius 2 is 2.10 bits per heavy atom. The molecule has 0 saturated carbocycles. The van der Waals surface area contributed by atoms with Crippen LogP contribution in [-0.4, -0.2) is 24.5 Å². The molecule has 0 fully saturated rings. The molecule has 3 heterocycles. The largest absolute Gasteiger partial charge is 0.382 e. The van der Waals surface area contributed by atoms with Crippen LogP contribution >= 0.6 is 15.9 Å². The van der Waals surface area contributed by atoms with Gasteiger partial charge in [-0.1, -0.05) is 6.07 Å². The molecular formula is C12H10BrFN6. The average molecular weight is 337 g/mol. The van der Waals surface area contributed by atoms with E-state index >= 15 is 0 Å². The van der Waals surface area contributed by atoms with Crippen molar-refractivity contribution in [1.29, 1.82) is 0 Å². The molecule has 6 nitrogen and oxygen atoms in total. The Kier molecular flexibility index (Phi) is 3.09. The van der Waals surface area contributed by atoms with E-state index in [0.29, 0.717) is 34.1 Å². The van der Waals surface area contributed by atoms with E-state index in [-0.39, 0.29) is 0 Å². The van der Waals surface area contributed by atoms with Crippen LogP contribution in [0.5, 0.6) is 0 Å². The fourth-order valence-electron chi connectivity index (χ4n) is 1.93. The molecule has 0 unspecified atom stereocenters. The van der Waals surface area contributed by atoms with Crippen LogP contribution < -0.4 is 5.73 Å². The molecule has 0 aliphatic heterocycles. The van der Waals surface area contributed by atoms with Gasteiger partial charge in [0.2, 0.25) is 5.95 Å². The second-order valence-electron chi connectivity index (χ2n) is 4.28. The minimum Gasteiger partial charge on any atom is -0.382 e. The van der Waals surface area contributed by atoms with E-state index in [2.05, 4.69) is 35.9 Å². The zero-order valence-corrected chi connectivity index (χ0v) is 12.1. The number of imidazole rings is 1. The minimum absolute atomic E-state index is 0.337. The van der Waals surface area contributed by atoms with Crippen molar-refractivity contribution in [3.05, 3.63) is 40.4 Å². The Balaban J connectivity index is 2.11. The summed E-state index contributed by atoms with van der Waals surface area (Å²) in [7, 11) is 0. The summed E-state index contributed by atoms with van der Waals surface area (Å²) in [4.78, 5) is 16.4. The van der Waals surface area contributed by atoms with Crippen LogP contribution in [0.2, 0.25) is 0 Å². The van der Waals surface area contributed by atoms with Gasteiger partial charge in [-0.25, -0.2) is 19.9 Å². The van der Waals surface area contributed by atoms with E-state index < -0.39 is 5.95 Å². The van der Waals surface area contributed by atoms with Crippen molar-refractivity contribution in [2.75, 3.05) is 5.73 Å². The lowest BCUT2D eigenvalue weighted by molar-refractivity contribution is 0.581. The van der Waals surface area contributed by atoms with Crippen LogP contribution in [0.15, 0.2) is 23.1 Å². The van der Waals surface area contributed by atoms with E-state index in [1.165, 1.54) is 12.3 Å². The smallest absolute Gasteiger partial charge is 0.212 e. The number of nitrogens with two attached hydrogens (primary N) is 1. The summed E-state index contributed by atoms with van der Waals surface area (Å²) in [6, 6.07) is 2.98. The highest BCUT2D eigenvalue weighted by Gasteiger charge is 2.14. The summed E-state index contributed by atoms with van der Waals surface area (Å²) in [5.74, 6) is 0.399. The Bertz CT molecular complexity index is 783. The van der Waals surface area contributed by atoms with Gasteiger partial charge in [-0.2, -0.15) is 4.39 Å². The van der Waals surface area contributed by atoms with Crippen LogP contribution in [-0.2, 0) is 6.54 Å². The Morgan fingerprint density at radius 1 is 1.30 bits per heavy atom. The molecule has 20 heavy (non-hydrogen) atoms. The van der Waals surface area contributed by atoms with E-state index in [0.717, 1.165) is 5.56 Å². The fourth-order valence-corrected chi connectivity index (χ4v) is 2.40. The fraction of sp³-hybridized carbons (Fsp3) is 0.167. The molecule has 102 valence electrons. The molecule has 0 bridgehead atoms. The Hall–Kier alpha value is -2.09. The van der Waals surface area contributed by atoms with Crippen molar-refractivity contribution in [3.63, 3.8) is 0 Å². The van der Waals surface area contributed by atoms with Gasteiger partial charge in [0.05, 0.1) is 6.54 Å². The number of hydrogen-bond donors (Lipinski definition) is 1. The lowest BCUT2D eigenvalue weighted by atomic mass is 10.3. The molecule has 0 spiro atoms. The molecule has 0 atom stereocenters. The third-order valence-electron chi connectivity index (χ3n) is 2.82. The minimum atomic E-state index is -0.509. The molecule has 0 aliphatic carbocycles. The quantitative estimate of drug-likeness (QED) is 0.572. The van der Waals surface area contributed by atoms with Crippen LogP contribution in [0, 0.1) is 12.9 Å². The number of halogens is 2. The molecule has 0 aromatic carbocycles. The number of anilines is 1. The molecule has 0 radical (unpaired) electrons. The highest BCUT2D eigenvalue weighted by atomic mass is 79.9. The summed E-state index contributed by atoms with van der Waals surface area (Å²) in [5, 5.41) is 0. The number of rotatable bonds is 2. The molecule has 3 aromatic heterocycles. The topological polar surface area (TPSA) is 82.5 Å². The number of aryl methyl sites for hydroxylation is 1. The summed E-state index contributed by atoms with van der Waals surface area (Å²) in [6.45, 7) is 2.22. The Labute approximate surface area is 122 Å². The van der Waals surface area contributed by atoms with Gasteiger partial charge in [0.1, 0.15) is 5.82 Å². The lowest BCUT2D eigenvalue weighted by Gasteiger charge is -2.05. The van der Waals surface area contributed by atoms with Crippen molar-refractivity contribution in [2.24, 2.45) is 0 Å². The van der Waals surface area contributed by atoms with E-state index in [4.69, 9.17) is 5.73 Å². The zero-order valence-electron chi connectivity index (χ0n) is 10.5. The molecule has 0 saturated heterocycles. The first-order valence-electron chi connectivity index (χ1n) is 5.81. The SMILES string of the molecule is Cc1nc(N)c2nc(Br)n(Cc3ccc(F)nc3)c2n1. The van der Waals surface area contributed by atoms with Gasteiger partial charge in [-0.3, -0.25) is 4.57 Å². The summed E-state index contributed by atoms with van der Waals surface area (Å²) in [5.41, 5.74) is 7.85. The van der Waals surface area contributed by atoms with Crippen molar-refractivity contribution in [2.45, 2.75) is 13.5 Å². The highest BCUT2D eigenvalue weighted by molar-refractivity contribution is 9.10. The van der Waals surface area contributed by atoms with Gasteiger partial charge in [0.15, 0.2) is 21.7 Å². The van der Waals surface area contributed by atoms with E-state index in [9.17, 15) is 4.39 Å². The average Bonchev–Trinajstić information content (AvgIpc) is 2.70. The van der Waals surface area contributed by atoms with Crippen LogP contribution in [0.3, 0.4) is 0 Å². The van der Waals surface area contributed by atoms with Crippen molar-refractivity contribution in [3.8, 4) is 0 Å². The van der Waals surface area contributed by atoms with Crippen LogP contribution in [0.1, 0.15) is 11.4 Å².